The molecule has 0 radical (unpaired) electrons. The van der Waals surface area contributed by atoms with E-state index in [2.05, 4.69) is 6.07 Å². The van der Waals surface area contributed by atoms with Crippen molar-refractivity contribution in [3.63, 3.8) is 0 Å². The van der Waals surface area contributed by atoms with E-state index in [4.69, 9.17) is 5.26 Å². The Morgan fingerprint density at radius 3 is 2.61 bits per heavy atom. The van der Waals surface area contributed by atoms with Gasteiger partial charge >= 0.3 is 0 Å². The molecule has 0 aromatic heterocycles. The van der Waals surface area contributed by atoms with E-state index < -0.39 is 6.04 Å². The second-order valence-corrected chi connectivity index (χ2v) is 7.84. The van der Waals surface area contributed by atoms with Gasteiger partial charge in [-0.25, -0.2) is 0 Å². The fraction of sp³-hybridized carbons (Fsp3) is 0.240. The number of likely N-dealkylation sites (N-methyl/N-ethyl adjacent to an activating group) is 1. The number of fused-ring (bicyclic) bond motifs is 1. The lowest BCUT2D eigenvalue weighted by Crippen LogP contribution is -2.46. The third kappa shape index (κ3) is 3.95. The molecule has 0 spiro atoms. The topological polar surface area (TPSA) is 84.6 Å². The van der Waals surface area contributed by atoms with Crippen molar-refractivity contribution in [3.05, 3.63) is 77.4 Å². The second kappa shape index (κ2) is 8.49. The van der Waals surface area contributed by atoms with Gasteiger partial charge in [0.15, 0.2) is 0 Å². The zero-order valence-corrected chi connectivity index (χ0v) is 17.3. The maximum atomic E-state index is 13.2. The molecular weight excluding hydrogens is 390 g/mol. The third-order valence-electron chi connectivity index (χ3n) is 5.81. The first-order valence-electron chi connectivity index (χ1n) is 10.3. The van der Waals surface area contributed by atoms with E-state index in [9.17, 15) is 14.7 Å². The second-order valence-electron chi connectivity index (χ2n) is 7.84. The smallest absolute Gasteiger partial charge is 0.258 e. The van der Waals surface area contributed by atoms with Crippen molar-refractivity contribution in [3.8, 4) is 11.8 Å². The lowest BCUT2D eigenvalue weighted by atomic mass is 10.0. The van der Waals surface area contributed by atoms with Crippen LogP contribution in [0.15, 0.2) is 60.7 Å². The molecule has 3 aromatic carbocycles. The van der Waals surface area contributed by atoms with Gasteiger partial charge in [-0.2, -0.15) is 5.26 Å². The van der Waals surface area contributed by atoms with Crippen molar-refractivity contribution in [2.75, 3.05) is 13.6 Å². The Morgan fingerprint density at radius 1 is 1.13 bits per heavy atom. The zero-order chi connectivity index (χ0) is 22.0. The summed E-state index contributed by atoms with van der Waals surface area (Å²) in [7, 11) is 1.72. The van der Waals surface area contributed by atoms with Gasteiger partial charge in [-0.05, 0) is 42.0 Å². The molecule has 1 N–H and O–H groups in total. The number of hydrogen-bond acceptors (Lipinski definition) is 4. The number of carbonyl (C=O) groups excluding carboxylic acids is 2. The number of benzene rings is 3. The maximum Gasteiger partial charge on any atom is 0.258 e. The molecule has 31 heavy (non-hydrogen) atoms. The van der Waals surface area contributed by atoms with Crippen LogP contribution in [-0.2, 0) is 11.3 Å². The van der Waals surface area contributed by atoms with Crippen LogP contribution in [0.25, 0.3) is 10.8 Å². The van der Waals surface area contributed by atoms with Crippen LogP contribution in [0.1, 0.15) is 34.3 Å². The molecule has 4 rings (SSSR count). The Balaban J connectivity index is 1.53. The number of carbonyl (C=O) groups is 2. The summed E-state index contributed by atoms with van der Waals surface area (Å²) < 4.78 is 0. The van der Waals surface area contributed by atoms with Gasteiger partial charge in [0.2, 0.25) is 5.91 Å². The van der Waals surface area contributed by atoms with Gasteiger partial charge in [-0.3, -0.25) is 9.59 Å². The maximum absolute atomic E-state index is 13.2. The molecule has 1 aliphatic rings. The molecule has 1 atom stereocenters. The minimum absolute atomic E-state index is 0.0489. The third-order valence-corrected chi connectivity index (χ3v) is 5.81. The molecule has 6 nitrogen and oxygen atoms in total. The van der Waals surface area contributed by atoms with E-state index >= 15 is 0 Å². The van der Waals surface area contributed by atoms with E-state index in [1.165, 1.54) is 0 Å². The number of hydrogen-bond donors (Lipinski definition) is 1. The summed E-state index contributed by atoms with van der Waals surface area (Å²) in [6.07, 6.45) is 1.33. The fourth-order valence-corrected chi connectivity index (χ4v) is 4.14. The number of likely N-dealkylation sites (tertiary alicyclic amines) is 1. The Bertz CT molecular complexity index is 1180. The van der Waals surface area contributed by atoms with Gasteiger partial charge in [0.25, 0.3) is 5.91 Å². The zero-order valence-electron chi connectivity index (χ0n) is 17.3. The van der Waals surface area contributed by atoms with E-state index in [0.29, 0.717) is 30.5 Å². The average molecular weight is 413 g/mol. The minimum atomic E-state index is -0.554. The summed E-state index contributed by atoms with van der Waals surface area (Å²) in [5.41, 5.74) is 1.70. The number of amides is 2. The van der Waals surface area contributed by atoms with Crippen molar-refractivity contribution < 1.29 is 14.7 Å². The molecule has 6 heteroatoms. The predicted molar refractivity (Wildman–Crippen MR) is 117 cm³/mol. The predicted octanol–water partition coefficient (Wildman–Crippen LogP) is 3.68. The van der Waals surface area contributed by atoms with Crippen LogP contribution in [0.3, 0.4) is 0 Å². The van der Waals surface area contributed by atoms with Crippen LogP contribution in [0, 0.1) is 11.3 Å². The molecule has 1 aliphatic heterocycles. The van der Waals surface area contributed by atoms with Crippen LogP contribution in [0.5, 0.6) is 5.75 Å². The van der Waals surface area contributed by atoms with Gasteiger partial charge < -0.3 is 14.9 Å². The number of rotatable bonds is 4. The van der Waals surface area contributed by atoms with Crippen molar-refractivity contribution >= 4 is 22.6 Å². The van der Waals surface area contributed by atoms with Crippen molar-refractivity contribution in [2.45, 2.75) is 25.4 Å². The molecule has 1 unspecified atom stereocenters. The Hall–Kier alpha value is -3.85. The van der Waals surface area contributed by atoms with E-state index in [1.807, 2.05) is 36.4 Å². The monoisotopic (exact) mass is 413 g/mol. The van der Waals surface area contributed by atoms with E-state index in [-0.39, 0.29) is 23.1 Å². The largest absolute Gasteiger partial charge is 0.506 e. The van der Waals surface area contributed by atoms with Crippen LogP contribution in [0.4, 0.5) is 0 Å². The molecule has 0 saturated carbocycles. The highest BCUT2D eigenvalue weighted by Crippen LogP contribution is 2.31. The van der Waals surface area contributed by atoms with E-state index in [0.717, 1.165) is 17.4 Å². The van der Waals surface area contributed by atoms with E-state index in [1.54, 1.807) is 41.1 Å². The van der Waals surface area contributed by atoms with Crippen LogP contribution < -0.4 is 0 Å². The molecule has 0 aliphatic carbocycles. The Labute approximate surface area is 180 Å². The SMILES string of the molecule is CN(Cc1ccc(C#N)cc1)C(=O)C1CCCN1C(=O)c1ccc2ccccc2c1O. The molecular formula is C25H23N3O3. The first-order chi connectivity index (χ1) is 15.0. The Kier molecular flexibility index (Phi) is 5.59. The first-order valence-corrected chi connectivity index (χ1v) is 10.3. The van der Waals surface area contributed by atoms with Gasteiger partial charge in [-0.1, -0.05) is 42.5 Å². The number of aromatic hydroxyl groups is 1. The Morgan fingerprint density at radius 2 is 1.87 bits per heavy atom. The van der Waals surface area contributed by atoms with Crippen LogP contribution in [-0.4, -0.2) is 46.4 Å². The number of phenols is 1. The summed E-state index contributed by atoms with van der Waals surface area (Å²) in [5.74, 6) is -0.506. The van der Waals surface area contributed by atoms with Crippen molar-refractivity contribution in [1.82, 2.24) is 9.80 Å². The minimum Gasteiger partial charge on any atom is -0.506 e. The molecule has 1 heterocycles. The van der Waals surface area contributed by atoms with Crippen molar-refractivity contribution in [2.24, 2.45) is 0 Å². The average Bonchev–Trinajstić information content (AvgIpc) is 3.29. The highest BCUT2D eigenvalue weighted by molar-refractivity contribution is 6.05. The summed E-state index contributed by atoms with van der Waals surface area (Å²) >= 11 is 0. The molecule has 156 valence electrons. The van der Waals surface area contributed by atoms with Gasteiger partial charge in [-0.15, -0.1) is 0 Å². The summed E-state index contributed by atoms with van der Waals surface area (Å²) in [6.45, 7) is 0.872. The lowest BCUT2D eigenvalue weighted by molar-refractivity contribution is -0.134. The highest BCUT2D eigenvalue weighted by atomic mass is 16.3. The lowest BCUT2D eigenvalue weighted by Gasteiger charge is -2.28. The van der Waals surface area contributed by atoms with Crippen LogP contribution in [0.2, 0.25) is 0 Å². The van der Waals surface area contributed by atoms with Crippen LogP contribution >= 0.6 is 0 Å². The summed E-state index contributed by atoms with van der Waals surface area (Å²) in [6, 6.07) is 19.4. The van der Waals surface area contributed by atoms with Gasteiger partial charge in [0.1, 0.15) is 11.8 Å². The first kappa shape index (κ1) is 20.4. The summed E-state index contributed by atoms with van der Waals surface area (Å²) in [5, 5.41) is 21.1. The molecule has 3 aromatic rings. The quantitative estimate of drug-likeness (QED) is 0.707. The van der Waals surface area contributed by atoms with Crippen molar-refractivity contribution in [1.29, 1.82) is 5.26 Å². The normalized spacial score (nSPS) is 15.6. The highest BCUT2D eigenvalue weighted by Gasteiger charge is 2.37. The van der Waals surface area contributed by atoms with Gasteiger partial charge in [0.05, 0.1) is 17.2 Å². The summed E-state index contributed by atoms with van der Waals surface area (Å²) in [4.78, 5) is 29.6. The number of phenolic OH excluding ortho intramolecular Hbond substituents is 1. The fourth-order valence-electron chi connectivity index (χ4n) is 4.14. The number of nitrogens with zero attached hydrogens (tertiary/aromatic N) is 3. The molecule has 2 amide bonds. The molecule has 1 fully saturated rings. The van der Waals surface area contributed by atoms with Gasteiger partial charge in [0, 0.05) is 25.5 Å². The standard InChI is InChI=1S/C25H23N3O3/c1-27(16-18-10-8-17(15-26)9-11-18)25(31)22-7-4-14-28(22)24(30)21-13-12-19-5-2-3-6-20(19)23(21)29/h2-3,5-6,8-13,22,29H,4,7,14,16H2,1H3. The molecule has 0 bridgehead atoms. The molecule has 1 saturated heterocycles. The number of nitriles is 1.